The molecule has 0 amide bonds. The van der Waals surface area contributed by atoms with E-state index >= 15 is 0 Å². The molecule has 2 aromatic carbocycles. The third-order valence-electron chi connectivity index (χ3n) is 7.48. The summed E-state index contributed by atoms with van der Waals surface area (Å²) in [7, 11) is 2.17. The molecule has 6 rings (SSSR count). The minimum atomic E-state index is -0.000367. The minimum absolute atomic E-state index is 0.000367. The van der Waals surface area contributed by atoms with Crippen LogP contribution in [0.25, 0.3) is 11.4 Å². The van der Waals surface area contributed by atoms with E-state index in [2.05, 4.69) is 92.2 Å². The van der Waals surface area contributed by atoms with E-state index < -0.39 is 0 Å². The van der Waals surface area contributed by atoms with Gasteiger partial charge in [0.2, 0.25) is 0 Å². The molecule has 4 heteroatoms. The Bertz CT molecular complexity index is 1200. The van der Waals surface area contributed by atoms with Crippen LogP contribution < -0.4 is 9.80 Å². The number of fused-ring (bicyclic) bond motifs is 8. The molecule has 29 heavy (non-hydrogen) atoms. The number of anilines is 3. The van der Waals surface area contributed by atoms with Gasteiger partial charge in [-0.2, -0.15) is 0 Å². The predicted molar refractivity (Wildman–Crippen MR) is 118 cm³/mol. The molecule has 3 atom stereocenters. The van der Waals surface area contributed by atoms with Crippen LogP contribution in [0.4, 0.5) is 17.2 Å². The molecule has 3 unspecified atom stereocenters. The highest BCUT2D eigenvalue weighted by Gasteiger charge is 2.63. The number of allylic oxidation sites excluding steroid dienone is 1. The standard InChI is InChI=1S/C25H24N4/c1-16-9-5-6-10-17(16)21-26-15-20-22(27-21)28(4)23-25(3)14-13-24(25,2)18-11-7-8-12-19(18)29(20)23/h5-15,23H,1-4H3. The first-order chi connectivity index (χ1) is 14.0. The van der Waals surface area contributed by atoms with Crippen molar-refractivity contribution in [2.24, 2.45) is 5.41 Å². The summed E-state index contributed by atoms with van der Waals surface area (Å²) in [5.41, 5.74) is 6.04. The number of nitrogens with zero attached hydrogens (tertiary/aromatic N) is 4. The Labute approximate surface area is 171 Å². The number of aryl methyl sites for hydroxylation is 1. The van der Waals surface area contributed by atoms with E-state index in [9.17, 15) is 0 Å². The average Bonchev–Trinajstić information content (AvgIpc) is 3.03. The highest BCUT2D eigenvalue weighted by atomic mass is 15.5. The highest BCUT2D eigenvalue weighted by molar-refractivity contribution is 5.86. The van der Waals surface area contributed by atoms with Crippen molar-refractivity contribution in [3.63, 3.8) is 0 Å². The SMILES string of the molecule is Cc1ccccc1-c1ncc2c(n1)N(C)C1N2c2ccccc2C2(C)C=CC12C. The molecule has 3 heterocycles. The van der Waals surface area contributed by atoms with E-state index in [1.54, 1.807) is 0 Å². The summed E-state index contributed by atoms with van der Waals surface area (Å²) in [6, 6.07) is 17.1. The van der Waals surface area contributed by atoms with Crippen LogP contribution in [0.5, 0.6) is 0 Å². The first-order valence-corrected chi connectivity index (χ1v) is 10.2. The van der Waals surface area contributed by atoms with Crippen LogP contribution in [0, 0.1) is 12.3 Å². The lowest BCUT2D eigenvalue weighted by molar-refractivity contribution is 0.171. The molecule has 0 N–H and O–H groups in total. The highest BCUT2D eigenvalue weighted by Crippen LogP contribution is 2.65. The van der Waals surface area contributed by atoms with E-state index in [1.807, 2.05) is 12.3 Å². The van der Waals surface area contributed by atoms with Crippen molar-refractivity contribution in [2.45, 2.75) is 32.4 Å². The Morgan fingerprint density at radius 1 is 0.931 bits per heavy atom. The van der Waals surface area contributed by atoms with E-state index in [4.69, 9.17) is 9.97 Å². The summed E-state index contributed by atoms with van der Waals surface area (Å²) in [6.07, 6.45) is 6.93. The summed E-state index contributed by atoms with van der Waals surface area (Å²) in [4.78, 5) is 14.6. The number of hydrogen-bond donors (Lipinski definition) is 0. The molecular weight excluding hydrogens is 356 g/mol. The zero-order valence-corrected chi connectivity index (χ0v) is 17.2. The smallest absolute Gasteiger partial charge is 0.161 e. The van der Waals surface area contributed by atoms with Crippen molar-refractivity contribution in [2.75, 3.05) is 16.8 Å². The lowest BCUT2D eigenvalue weighted by Gasteiger charge is -2.61. The Morgan fingerprint density at radius 3 is 2.45 bits per heavy atom. The van der Waals surface area contributed by atoms with Crippen molar-refractivity contribution in [1.82, 2.24) is 9.97 Å². The molecule has 4 nitrogen and oxygen atoms in total. The van der Waals surface area contributed by atoms with Crippen LogP contribution in [-0.2, 0) is 5.41 Å². The van der Waals surface area contributed by atoms with Gasteiger partial charge in [0.05, 0.1) is 6.20 Å². The Kier molecular flexibility index (Phi) is 3.05. The summed E-state index contributed by atoms with van der Waals surface area (Å²) >= 11 is 0. The molecule has 0 spiro atoms. The molecule has 0 radical (unpaired) electrons. The number of para-hydroxylation sites is 1. The Balaban J connectivity index is 1.58. The quantitative estimate of drug-likeness (QED) is 0.542. The topological polar surface area (TPSA) is 32.3 Å². The van der Waals surface area contributed by atoms with Crippen LogP contribution in [0.15, 0.2) is 66.9 Å². The van der Waals surface area contributed by atoms with Crippen LogP contribution in [0.3, 0.4) is 0 Å². The zero-order chi connectivity index (χ0) is 20.0. The van der Waals surface area contributed by atoms with Gasteiger partial charge in [0.15, 0.2) is 11.6 Å². The minimum Gasteiger partial charge on any atom is -0.336 e. The Morgan fingerprint density at radius 2 is 1.69 bits per heavy atom. The fourth-order valence-corrected chi connectivity index (χ4v) is 5.56. The van der Waals surface area contributed by atoms with Gasteiger partial charge in [0.25, 0.3) is 0 Å². The number of hydrogen-bond acceptors (Lipinski definition) is 4. The largest absolute Gasteiger partial charge is 0.336 e. The van der Waals surface area contributed by atoms with Crippen LogP contribution in [0.2, 0.25) is 0 Å². The fourth-order valence-electron chi connectivity index (χ4n) is 5.56. The first kappa shape index (κ1) is 16.8. The van der Waals surface area contributed by atoms with Crippen molar-refractivity contribution in [1.29, 1.82) is 0 Å². The van der Waals surface area contributed by atoms with Gasteiger partial charge in [-0.25, -0.2) is 9.97 Å². The average molecular weight is 380 g/mol. The van der Waals surface area contributed by atoms with E-state index in [0.717, 1.165) is 22.9 Å². The van der Waals surface area contributed by atoms with Crippen molar-refractivity contribution < 1.29 is 0 Å². The maximum atomic E-state index is 5.05. The van der Waals surface area contributed by atoms with E-state index in [-0.39, 0.29) is 17.0 Å². The van der Waals surface area contributed by atoms with Gasteiger partial charge in [0, 0.05) is 29.1 Å². The maximum Gasteiger partial charge on any atom is 0.161 e. The second kappa shape index (κ2) is 5.26. The molecule has 0 bridgehead atoms. The molecule has 1 aromatic heterocycles. The molecule has 2 aliphatic heterocycles. The lowest BCUT2D eigenvalue weighted by Crippen LogP contribution is -2.64. The van der Waals surface area contributed by atoms with Gasteiger partial charge >= 0.3 is 0 Å². The van der Waals surface area contributed by atoms with Crippen molar-refractivity contribution in [3.8, 4) is 11.4 Å². The summed E-state index contributed by atoms with van der Waals surface area (Å²) in [5, 5.41) is 0. The normalized spacial score (nSPS) is 28.3. The van der Waals surface area contributed by atoms with Crippen LogP contribution in [0.1, 0.15) is 25.0 Å². The molecule has 0 fully saturated rings. The van der Waals surface area contributed by atoms with Gasteiger partial charge in [-0.1, -0.05) is 68.5 Å². The third-order valence-corrected chi connectivity index (χ3v) is 7.48. The maximum absolute atomic E-state index is 5.05. The van der Waals surface area contributed by atoms with E-state index in [1.165, 1.54) is 16.8 Å². The first-order valence-electron chi connectivity index (χ1n) is 10.2. The molecule has 144 valence electrons. The van der Waals surface area contributed by atoms with Crippen molar-refractivity contribution in [3.05, 3.63) is 78.0 Å². The van der Waals surface area contributed by atoms with Crippen molar-refractivity contribution >= 4 is 17.2 Å². The number of aromatic nitrogens is 2. The lowest BCUT2D eigenvalue weighted by atomic mass is 9.51. The van der Waals surface area contributed by atoms with Gasteiger partial charge < -0.3 is 9.80 Å². The van der Waals surface area contributed by atoms with Gasteiger partial charge in [-0.3, -0.25) is 0 Å². The molecule has 3 aliphatic rings. The van der Waals surface area contributed by atoms with Gasteiger partial charge in [0.1, 0.15) is 11.9 Å². The van der Waals surface area contributed by atoms with Gasteiger partial charge in [-0.15, -0.1) is 0 Å². The zero-order valence-electron chi connectivity index (χ0n) is 17.2. The summed E-state index contributed by atoms with van der Waals surface area (Å²) in [6.45, 7) is 6.85. The number of rotatable bonds is 1. The second-order valence-corrected chi connectivity index (χ2v) is 8.91. The monoisotopic (exact) mass is 380 g/mol. The van der Waals surface area contributed by atoms with Gasteiger partial charge in [-0.05, 0) is 24.1 Å². The molecule has 3 aromatic rings. The summed E-state index contributed by atoms with van der Waals surface area (Å²) < 4.78 is 0. The van der Waals surface area contributed by atoms with Crippen LogP contribution in [-0.4, -0.2) is 23.2 Å². The molecular formula is C25H24N4. The molecule has 0 saturated heterocycles. The third kappa shape index (κ3) is 1.85. The van der Waals surface area contributed by atoms with E-state index in [0.29, 0.717) is 0 Å². The summed E-state index contributed by atoms with van der Waals surface area (Å²) in [5.74, 6) is 1.79. The molecule has 0 saturated carbocycles. The Hall–Kier alpha value is -3.14. The number of benzene rings is 2. The fraction of sp³-hybridized carbons (Fsp3) is 0.280. The molecule has 1 aliphatic carbocycles. The second-order valence-electron chi connectivity index (χ2n) is 8.91. The van der Waals surface area contributed by atoms with Crippen LogP contribution >= 0.6 is 0 Å². The predicted octanol–water partition coefficient (Wildman–Crippen LogP) is 5.21.